The Kier molecular flexibility index (Phi) is 4.19. The third-order valence-corrected chi connectivity index (χ3v) is 3.74. The molecule has 1 aromatic carbocycles. The minimum atomic E-state index is -0.119. The Balaban J connectivity index is 2.05. The first kappa shape index (κ1) is 12.6. The summed E-state index contributed by atoms with van der Waals surface area (Å²) >= 11 is 0. The monoisotopic (exact) mass is 233 g/mol. The van der Waals surface area contributed by atoms with Gasteiger partial charge in [-0.2, -0.15) is 0 Å². The number of aryl methyl sites for hydroxylation is 1. The molecule has 0 saturated carbocycles. The maximum atomic E-state index is 6.60. The van der Waals surface area contributed by atoms with Crippen molar-refractivity contribution >= 4 is 0 Å². The molecular weight excluding hydrogens is 210 g/mol. The second-order valence-electron chi connectivity index (χ2n) is 4.97. The van der Waals surface area contributed by atoms with Crippen LogP contribution in [0.25, 0.3) is 0 Å². The second kappa shape index (κ2) is 5.65. The third kappa shape index (κ3) is 2.88. The molecule has 0 aliphatic heterocycles. The normalized spacial score (nSPS) is 23.4. The SMILES string of the molecule is CCOCCCC1(N)CCCc2ccccc21. The Morgan fingerprint density at radius 2 is 2.18 bits per heavy atom. The van der Waals surface area contributed by atoms with E-state index in [1.165, 1.54) is 24.0 Å². The highest BCUT2D eigenvalue weighted by Crippen LogP contribution is 2.36. The fourth-order valence-corrected chi connectivity index (χ4v) is 2.85. The van der Waals surface area contributed by atoms with Crippen LogP contribution >= 0.6 is 0 Å². The molecule has 1 aliphatic rings. The molecule has 0 heterocycles. The van der Waals surface area contributed by atoms with Gasteiger partial charge in [0.2, 0.25) is 0 Å². The van der Waals surface area contributed by atoms with Crippen LogP contribution < -0.4 is 5.73 Å². The van der Waals surface area contributed by atoms with Crippen LogP contribution in [0.3, 0.4) is 0 Å². The minimum absolute atomic E-state index is 0.119. The molecule has 2 N–H and O–H groups in total. The molecule has 1 atom stereocenters. The van der Waals surface area contributed by atoms with Crippen LogP contribution in [0.4, 0.5) is 0 Å². The van der Waals surface area contributed by atoms with E-state index < -0.39 is 0 Å². The van der Waals surface area contributed by atoms with Crippen LogP contribution in [-0.2, 0) is 16.7 Å². The predicted octanol–water partition coefficient (Wildman–Crippen LogP) is 2.99. The van der Waals surface area contributed by atoms with E-state index in [-0.39, 0.29) is 5.54 Å². The summed E-state index contributed by atoms with van der Waals surface area (Å²) in [4.78, 5) is 0. The molecule has 0 bridgehead atoms. The molecule has 2 rings (SSSR count). The molecule has 2 nitrogen and oxygen atoms in total. The van der Waals surface area contributed by atoms with Crippen LogP contribution in [0, 0.1) is 0 Å². The van der Waals surface area contributed by atoms with E-state index in [1.54, 1.807) is 0 Å². The quantitative estimate of drug-likeness (QED) is 0.793. The van der Waals surface area contributed by atoms with Gasteiger partial charge in [-0.05, 0) is 50.2 Å². The van der Waals surface area contributed by atoms with Crippen LogP contribution in [-0.4, -0.2) is 13.2 Å². The van der Waals surface area contributed by atoms with Gasteiger partial charge >= 0.3 is 0 Å². The lowest BCUT2D eigenvalue weighted by Gasteiger charge is -2.36. The smallest absolute Gasteiger partial charge is 0.0466 e. The largest absolute Gasteiger partial charge is 0.382 e. The second-order valence-corrected chi connectivity index (χ2v) is 4.97. The van der Waals surface area contributed by atoms with Crippen molar-refractivity contribution in [3.8, 4) is 0 Å². The summed E-state index contributed by atoms with van der Waals surface area (Å²) < 4.78 is 5.40. The van der Waals surface area contributed by atoms with Gasteiger partial charge in [0.15, 0.2) is 0 Å². The Morgan fingerprint density at radius 1 is 1.35 bits per heavy atom. The van der Waals surface area contributed by atoms with Crippen molar-refractivity contribution < 1.29 is 4.74 Å². The van der Waals surface area contributed by atoms with Gasteiger partial charge < -0.3 is 10.5 Å². The van der Waals surface area contributed by atoms with E-state index in [0.717, 1.165) is 32.5 Å². The van der Waals surface area contributed by atoms with Gasteiger partial charge in [-0.3, -0.25) is 0 Å². The lowest BCUT2D eigenvalue weighted by Crippen LogP contribution is -2.40. The van der Waals surface area contributed by atoms with E-state index in [0.29, 0.717) is 0 Å². The molecular formula is C15H23NO. The Labute approximate surface area is 104 Å². The first-order chi connectivity index (χ1) is 8.26. The Bertz CT molecular complexity index is 364. The summed E-state index contributed by atoms with van der Waals surface area (Å²) in [5.74, 6) is 0. The maximum absolute atomic E-state index is 6.60. The molecule has 0 aromatic heterocycles. The first-order valence-electron chi connectivity index (χ1n) is 6.71. The number of hydrogen-bond acceptors (Lipinski definition) is 2. The van der Waals surface area contributed by atoms with E-state index >= 15 is 0 Å². The van der Waals surface area contributed by atoms with Crippen molar-refractivity contribution in [2.24, 2.45) is 5.73 Å². The number of benzene rings is 1. The summed E-state index contributed by atoms with van der Waals surface area (Å²) in [6.45, 7) is 3.67. The average Bonchev–Trinajstić information content (AvgIpc) is 2.36. The molecule has 2 heteroatoms. The number of ether oxygens (including phenoxy) is 1. The summed E-state index contributed by atoms with van der Waals surface area (Å²) in [6.07, 6.45) is 5.58. The zero-order valence-electron chi connectivity index (χ0n) is 10.7. The zero-order chi connectivity index (χ0) is 12.1. The van der Waals surface area contributed by atoms with Crippen molar-refractivity contribution in [2.75, 3.05) is 13.2 Å². The highest BCUT2D eigenvalue weighted by molar-refractivity contribution is 5.35. The highest BCUT2D eigenvalue weighted by Gasteiger charge is 2.31. The van der Waals surface area contributed by atoms with Gasteiger partial charge in [0.05, 0.1) is 0 Å². The number of nitrogens with two attached hydrogens (primary N) is 1. The van der Waals surface area contributed by atoms with Crippen molar-refractivity contribution in [3.05, 3.63) is 35.4 Å². The van der Waals surface area contributed by atoms with Gasteiger partial charge in [-0.1, -0.05) is 24.3 Å². The molecule has 0 spiro atoms. The van der Waals surface area contributed by atoms with Crippen molar-refractivity contribution in [1.29, 1.82) is 0 Å². The van der Waals surface area contributed by atoms with E-state index in [1.807, 2.05) is 6.92 Å². The first-order valence-corrected chi connectivity index (χ1v) is 6.71. The standard InChI is InChI=1S/C15H23NO/c1-2-17-12-6-11-15(16)10-5-8-13-7-3-4-9-14(13)15/h3-4,7,9H,2,5-6,8,10-12,16H2,1H3. The predicted molar refractivity (Wildman–Crippen MR) is 71.0 cm³/mol. The summed E-state index contributed by atoms with van der Waals surface area (Å²) in [5, 5.41) is 0. The molecule has 0 saturated heterocycles. The number of fused-ring (bicyclic) bond motifs is 1. The molecule has 0 radical (unpaired) electrons. The molecule has 1 aliphatic carbocycles. The Morgan fingerprint density at radius 3 is 3.00 bits per heavy atom. The lowest BCUT2D eigenvalue weighted by molar-refractivity contribution is 0.135. The zero-order valence-corrected chi connectivity index (χ0v) is 10.7. The van der Waals surface area contributed by atoms with E-state index in [9.17, 15) is 0 Å². The van der Waals surface area contributed by atoms with Crippen LogP contribution in [0.1, 0.15) is 43.7 Å². The van der Waals surface area contributed by atoms with Gasteiger partial charge in [0.25, 0.3) is 0 Å². The van der Waals surface area contributed by atoms with E-state index in [4.69, 9.17) is 10.5 Å². The molecule has 0 fully saturated rings. The van der Waals surface area contributed by atoms with Crippen LogP contribution in [0.2, 0.25) is 0 Å². The topological polar surface area (TPSA) is 35.2 Å². The fourth-order valence-electron chi connectivity index (χ4n) is 2.85. The van der Waals surface area contributed by atoms with Gasteiger partial charge in [0, 0.05) is 18.8 Å². The van der Waals surface area contributed by atoms with Gasteiger partial charge in [0.1, 0.15) is 0 Å². The average molecular weight is 233 g/mol. The number of hydrogen-bond donors (Lipinski definition) is 1. The molecule has 94 valence electrons. The van der Waals surface area contributed by atoms with Crippen molar-refractivity contribution in [1.82, 2.24) is 0 Å². The summed E-state index contributed by atoms with van der Waals surface area (Å²) in [6, 6.07) is 8.65. The number of rotatable bonds is 5. The Hall–Kier alpha value is -0.860. The summed E-state index contributed by atoms with van der Waals surface area (Å²) in [5.41, 5.74) is 9.28. The molecule has 1 unspecified atom stereocenters. The van der Waals surface area contributed by atoms with Crippen molar-refractivity contribution in [3.63, 3.8) is 0 Å². The molecule has 17 heavy (non-hydrogen) atoms. The lowest BCUT2D eigenvalue weighted by atomic mass is 9.75. The highest BCUT2D eigenvalue weighted by atomic mass is 16.5. The summed E-state index contributed by atoms with van der Waals surface area (Å²) in [7, 11) is 0. The maximum Gasteiger partial charge on any atom is 0.0466 e. The fraction of sp³-hybridized carbons (Fsp3) is 0.600. The van der Waals surface area contributed by atoms with Gasteiger partial charge in [-0.15, -0.1) is 0 Å². The molecule has 0 amide bonds. The van der Waals surface area contributed by atoms with Crippen LogP contribution in [0.5, 0.6) is 0 Å². The third-order valence-electron chi connectivity index (χ3n) is 3.74. The van der Waals surface area contributed by atoms with E-state index in [2.05, 4.69) is 24.3 Å². The minimum Gasteiger partial charge on any atom is -0.382 e. The van der Waals surface area contributed by atoms with Crippen LogP contribution in [0.15, 0.2) is 24.3 Å². The molecule has 1 aromatic rings. The van der Waals surface area contributed by atoms with Gasteiger partial charge in [-0.25, -0.2) is 0 Å². The van der Waals surface area contributed by atoms with Crippen molar-refractivity contribution in [2.45, 2.75) is 44.6 Å².